The van der Waals surface area contributed by atoms with E-state index < -0.39 is 11.9 Å². The van der Waals surface area contributed by atoms with Crippen LogP contribution in [0.15, 0.2) is 72.2 Å². The predicted molar refractivity (Wildman–Crippen MR) is 197 cm³/mol. The molecule has 50 heavy (non-hydrogen) atoms. The molecule has 0 aliphatic carbocycles. The molecule has 6 rings (SSSR count). The summed E-state index contributed by atoms with van der Waals surface area (Å²) in [5, 5.41) is 8.33. The fraction of sp³-hybridized carbons (Fsp3) is 0.316. The Balaban J connectivity index is 0.996. The van der Waals surface area contributed by atoms with Crippen LogP contribution >= 0.6 is 11.3 Å². The molecule has 0 bridgehead atoms. The number of carbonyl (C=O) groups is 1. The van der Waals surface area contributed by atoms with Crippen LogP contribution in [0.4, 0.5) is 26.6 Å². The van der Waals surface area contributed by atoms with E-state index >= 15 is 0 Å². The number of ether oxygens (including phenoxy) is 2. The summed E-state index contributed by atoms with van der Waals surface area (Å²) in [6, 6.07) is 18.7. The fourth-order valence-electron chi connectivity index (χ4n) is 5.78. The van der Waals surface area contributed by atoms with Gasteiger partial charge in [0.25, 0.3) is 0 Å². The van der Waals surface area contributed by atoms with Gasteiger partial charge in [-0.2, -0.15) is 4.98 Å². The summed E-state index contributed by atoms with van der Waals surface area (Å²) < 4.78 is 25.9. The van der Waals surface area contributed by atoms with Gasteiger partial charge >= 0.3 is 6.09 Å². The fourth-order valence-corrected chi connectivity index (χ4v) is 6.63. The molecule has 3 aromatic carbocycles. The highest BCUT2D eigenvalue weighted by Crippen LogP contribution is 2.36. The molecule has 10 nitrogen and oxygen atoms in total. The van der Waals surface area contributed by atoms with Crippen molar-refractivity contribution in [1.82, 2.24) is 24.8 Å². The first-order chi connectivity index (χ1) is 24.2. The zero-order valence-corrected chi connectivity index (χ0v) is 29.6. The summed E-state index contributed by atoms with van der Waals surface area (Å²) in [5.41, 5.74) is 8.18. The van der Waals surface area contributed by atoms with Gasteiger partial charge in [0.15, 0.2) is 11.6 Å². The summed E-state index contributed by atoms with van der Waals surface area (Å²) >= 11 is 1.51. The predicted octanol–water partition coefficient (Wildman–Crippen LogP) is 7.84. The SMILES string of the molecule is Cc1ccc(-c2ccccc2-c2nc(COC(=O)Nc3ccnc(Nc4ccc(OCCCN5CCN(C)CC5)c(F)c4)n3)cs2)c(C)c1C. The molecule has 0 spiro atoms. The third-order valence-electron chi connectivity index (χ3n) is 8.95. The van der Waals surface area contributed by atoms with Crippen molar-refractivity contribution in [1.29, 1.82) is 0 Å². The number of nitrogens with one attached hydrogen (secondary N) is 2. The zero-order valence-electron chi connectivity index (χ0n) is 28.8. The largest absolute Gasteiger partial charge is 0.490 e. The van der Waals surface area contributed by atoms with Crippen LogP contribution in [0.1, 0.15) is 28.8 Å². The highest BCUT2D eigenvalue weighted by atomic mass is 32.1. The van der Waals surface area contributed by atoms with Crippen molar-refractivity contribution < 1.29 is 18.7 Å². The number of carbonyl (C=O) groups excluding carboxylic acids is 1. The van der Waals surface area contributed by atoms with Gasteiger partial charge in [0.05, 0.1) is 12.3 Å². The van der Waals surface area contributed by atoms with E-state index in [2.05, 4.69) is 82.5 Å². The van der Waals surface area contributed by atoms with Crippen molar-refractivity contribution >= 4 is 34.9 Å². The second-order valence-corrected chi connectivity index (χ2v) is 13.3. The highest BCUT2D eigenvalue weighted by Gasteiger charge is 2.16. The Labute approximate surface area is 296 Å². The average molecular weight is 696 g/mol. The number of hydrogen-bond acceptors (Lipinski definition) is 10. The molecule has 2 N–H and O–H groups in total. The summed E-state index contributed by atoms with van der Waals surface area (Å²) in [6.07, 6.45) is 1.63. The molecule has 1 fully saturated rings. The van der Waals surface area contributed by atoms with Gasteiger partial charge in [-0.1, -0.05) is 36.4 Å². The molecule has 0 radical (unpaired) electrons. The number of halogens is 1. The van der Waals surface area contributed by atoms with E-state index in [1.54, 1.807) is 18.2 Å². The van der Waals surface area contributed by atoms with Crippen LogP contribution in [0, 0.1) is 26.6 Å². The number of likely N-dealkylation sites (N-methyl/N-ethyl adjacent to an activating group) is 1. The van der Waals surface area contributed by atoms with Gasteiger partial charge in [0, 0.05) is 61.6 Å². The Bertz CT molecular complexity index is 1940. The monoisotopic (exact) mass is 695 g/mol. The third kappa shape index (κ3) is 8.81. The van der Waals surface area contributed by atoms with Gasteiger partial charge in [-0.3, -0.25) is 5.32 Å². The van der Waals surface area contributed by atoms with Crippen molar-refractivity contribution in [2.24, 2.45) is 0 Å². The first-order valence-corrected chi connectivity index (χ1v) is 17.6. The van der Waals surface area contributed by atoms with Crippen LogP contribution in [0.3, 0.4) is 0 Å². The number of thiazole rings is 1. The lowest BCUT2D eigenvalue weighted by atomic mass is 9.91. The molecule has 5 aromatic rings. The van der Waals surface area contributed by atoms with Gasteiger partial charge in [-0.15, -0.1) is 11.3 Å². The number of aryl methyl sites for hydroxylation is 1. The quantitative estimate of drug-likeness (QED) is 0.126. The lowest BCUT2D eigenvalue weighted by molar-refractivity contribution is 0.145. The number of nitrogens with zero attached hydrogens (tertiary/aromatic N) is 5. The molecule has 1 aliphatic heterocycles. The molecule has 0 saturated carbocycles. The summed E-state index contributed by atoms with van der Waals surface area (Å²) in [7, 11) is 2.13. The van der Waals surface area contributed by atoms with E-state index in [4.69, 9.17) is 14.5 Å². The summed E-state index contributed by atoms with van der Waals surface area (Å²) in [5.74, 6) is 0.122. The van der Waals surface area contributed by atoms with Crippen molar-refractivity contribution in [2.75, 3.05) is 57.0 Å². The van der Waals surface area contributed by atoms with Gasteiger partial charge in [-0.05, 0) is 80.3 Å². The third-order valence-corrected chi connectivity index (χ3v) is 9.88. The van der Waals surface area contributed by atoms with Gasteiger partial charge in [0.2, 0.25) is 5.95 Å². The van der Waals surface area contributed by atoms with Crippen LogP contribution in [-0.2, 0) is 11.3 Å². The van der Waals surface area contributed by atoms with Crippen LogP contribution in [0.2, 0.25) is 0 Å². The Hall–Kier alpha value is -4.91. The maximum Gasteiger partial charge on any atom is 0.413 e. The zero-order chi connectivity index (χ0) is 35.0. The molecular weight excluding hydrogens is 654 g/mol. The van der Waals surface area contributed by atoms with Gasteiger partial charge in [0.1, 0.15) is 17.4 Å². The highest BCUT2D eigenvalue weighted by molar-refractivity contribution is 7.13. The first-order valence-electron chi connectivity index (χ1n) is 16.7. The number of piperazine rings is 1. The number of rotatable bonds is 12. The summed E-state index contributed by atoms with van der Waals surface area (Å²) in [6.45, 7) is 12.0. The van der Waals surface area contributed by atoms with Crippen molar-refractivity contribution in [2.45, 2.75) is 33.8 Å². The molecule has 0 unspecified atom stereocenters. The molecule has 260 valence electrons. The summed E-state index contributed by atoms with van der Waals surface area (Å²) in [4.78, 5) is 30.6. The Morgan fingerprint density at radius 3 is 2.54 bits per heavy atom. The number of aromatic nitrogens is 3. The van der Waals surface area contributed by atoms with E-state index in [1.165, 1.54) is 45.9 Å². The van der Waals surface area contributed by atoms with Crippen LogP contribution in [0.25, 0.3) is 21.7 Å². The molecule has 2 aromatic heterocycles. The molecule has 1 saturated heterocycles. The maximum atomic E-state index is 14.8. The average Bonchev–Trinajstić information content (AvgIpc) is 3.59. The van der Waals surface area contributed by atoms with Crippen molar-refractivity contribution in [3.63, 3.8) is 0 Å². The molecule has 1 amide bonds. The van der Waals surface area contributed by atoms with E-state index in [-0.39, 0.29) is 24.1 Å². The Morgan fingerprint density at radius 2 is 1.74 bits per heavy atom. The van der Waals surface area contributed by atoms with E-state index in [1.807, 2.05) is 17.5 Å². The second kappa shape index (κ2) is 16.2. The number of hydrogen-bond donors (Lipinski definition) is 2. The number of anilines is 3. The molecule has 3 heterocycles. The van der Waals surface area contributed by atoms with Crippen LogP contribution in [-0.4, -0.2) is 77.2 Å². The Morgan fingerprint density at radius 1 is 0.940 bits per heavy atom. The van der Waals surface area contributed by atoms with Crippen molar-refractivity contribution in [3.8, 4) is 27.4 Å². The molecular formula is C38H42FN7O3S. The lowest BCUT2D eigenvalue weighted by Crippen LogP contribution is -2.44. The molecule has 12 heteroatoms. The van der Waals surface area contributed by atoms with Crippen LogP contribution < -0.4 is 15.4 Å². The lowest BCUT2D eigenvalue weighted by Gasteiger charge is -2.32. The van der Waals surface area contributed by atoms with Crippen LogP contribution in [0.5, 0.6) is 5.75 Å². The van der Waals surface area contributed by atoms with Crippen molar-refractivity contribution in [3.05, 3.63) is 100 Å². The number of amides is 1. The standard InChI is InChI=1S/C38H42FN7O3S/c1-25-10-12-30(27(3)26(25)2)31-8-5-6-9-32(31)36-41-29(24-50-36)23-49-38(47)44-35-14-15-40-37(43-35)42-28-11-13-34(33(39)22-28)48-21-7-16-46-19-17-45(4)18-20-46/h5-6,8-15,22,24H,7,16-21,23H2,1-4H3,(H2,40,42,43,44,47). The first kappa shape index (κ1) is 34.9. The van der Waals surface area contributed by atoms with E-state index in [0.717, 1.165) is 55.3 Å². The smallest absolute Gasteiger partial charge is 0.413 e. The Kier molecular flexibility index (Phi) is 11.3. The minimum absolute atomic E-state index is 0.00704. The van der Waals surface area contributed by atoms with E-state index in [9.17, 15) is 9.18 Å². The minimum Gasteiger partial charge on any atom is -0.490 e. The van der Waals surface area contributed by atoms with Gasteiger partial charge < -0.3 is 24.6 Å². The van der Waals surface area contributed by atoms with Gasteiger partial charge in [-0.25, -0.2) is 19.2 Å². The number of benzene rings is 3. The maximum absolute atomic E-state index is 14.8. The second-order valence-electron chi connectivity index (χ2n) is 12.5. The van der Waals surface area contributed by atoms with E-state index in [0.29, 0.717) is 18.0 Å². The molecule has 0 atom stereocenters. The minimum atomic E-state index is -0.685. The normalized spacial score (nSPS) is 13.6. The topological polar surface area (TPSA) is 105 Å². The molecule has 1 aliphatic rings.